The molecule has 40 heavy (non-hydrogen) atoms. The predicted octanol–water partition coefficient (Wildman–Crippen LogP) is 5.62. The highest BCUT2D eigenvalue weighted by molar-refractivity contribution is 5.94. The number of nitrogens with two attached hydrogens (primary N) is 1. The quantitative estimate of drug-likeness (QED) is 0.203. The minimum absolute atomic E-state index is 0.0864. The van der Waals surface area contributed by atoms with E-state index in [9.17, 15) is 14.7 Å². The van der Waals surface area contributed by atoms with E-state index in [0.717, 1.165) is 33.2 Å². The van der Waals surface area contributed by atoms with Crippen LogP contribution >= 0.6 is 0 Å². The van der Waals surface area contributed by atoms with Crippen molar-refractivity contribution >= 4 is 22.8 Å². The van der Waals surface area contributed by atoms with Crippen molar-refractivity contribution < 1.29 is 23.8 Å². The molecule has 1 heterocycles. The normalized spacial score (nSPS) is 10.9. The summed E-state index contributed by atoms with van der Waals surface area (Å²) >= 11 is 0. The highest BCUT2D eigenvalue weighted by Gasteiger charge is 2.15. The standard InChI is InChI=1S/C33H30N2O5/c34-19-23-9-6-11-25(13-23)29-15-24(21-39-30-12-5-4-10-26(30)18-32(37)38)14-27-17-28(40-33(27)29)20-35-31(36)16-22-7-2-1-3-8-22/h1-15,17H,16,18-21,34H2,(H,35,36)(H,37,38). The van der Waals surface area contributed by atoms with Gasteiger partial charge in [-0.2, -0.15) is 0 Å². The van der Waals surface area contributed by atoms with Crippen LogP contribution in [-0.4, -0.2) is 17.0 Å². The fourth-order valence-electron chi connectivity index (χ4n) is 4.66. The number of carboxylic acids is 1. The molecule has 0 fully saturated rings. The number of hydrogen-bond acceptors (Lipinski definition) is 5. The molecule has 7 heteroatoms. The van der Waals surface area contributed by atoms with Crippen LogP contribution in [0, 0.1) is 0 Å². The first-order valence-corrected chi connectivity index (χ1v) is 13.1. The summed E-state index contributed by atoms with van der Waals surface area (Å²) in [5.74, 6) is 0.168. The number of ether oxygens (including phenoxy) is 1. The van der Waals surface area contributed by atoms with Gasteiger partial charge in [-0.1, -0.05) is 66.7 Å². The van der Waals surface area contributed by atoms with Crippen molar-refractivity contribution in [2.24, 2.45) is 5.73 Å². The van der Waals surface area contributed by atoms with Crippen LogP contribution in [0.4, 0.5) is 0 Å². The lowest BCUT2D eigenvalue weighted by molar-refractivity contribution is -0.136. The Morgan fingerprint density at radius 1 is 0.825 bits per heavy atom. The van der Waals surface area contributed by atoms with Crippen LogP contribution in [0.1, 0.15) is 28.0 Å². The summed E-state index contributed by atoms with van der Waals surface area (Å²) in [6, 6.07) is 30.6. The molecule has 0 spiro atoms. The van der Waals surface area contributed by atoms with E-state index in [1.54, 1.807) is 18.2 Å². The molecule has 4 aromatic carbocycles. The summed E-state index contributed by atoms with van der Waals surface area (Å²) in [4.78, 5) is 23.8. The predicted molar refractivity (Wildman–Crippen MR) is 154 cm³/mol. The van der Waals surface area contributed by atoms with Crippen molar-refractivity contribution in [3.05, 3.63) is 125 Å². The first-order chi connectivity index (χ1) is 19.5. The Balaban J connectivity index is 1.42. The zero-order valence-electron chi connectivity index (χ0n) is 21.9. The van der Waals surface area contributed by atoms with Gasteiger partial charge in [-0.15, -0.1) is 0 Å². The third-order valence-electron chi connectivity index (χ3n) is 6.58. The molecule has 4 N–H and O–H groups in total. The molecule has 0 unspecified atom stereocenters. The first kappa shape index (κ1) is 26.7. The number of carbonyl (C=O) groups excluding carboxylic acids is 1. The zero-order valence-corrected chi connectivity index (χ0v) is 21.9. The Kier molecular flexibility index (Phi) is 8.23. The monoisotopic (exact) mass is 534 g/mol. The van der Waals surface area contributed by atoms with Crippen LogP contribution in [-0.2, 0) is 42.1 Å². The summed E-state index contributed by atoms with van der Waals surface area (Å²) in [5, 5.41) is 13.1. The average molecular weight is 535 g/mol. The molecule has 0 saturated heterocycles. The summed E-state index contributed by atoms with van der Waals surface area (Å²) in [7, 11) is 0. The van der Waals surface area contributed by atoms with Gasteiger partial charge in [0.25, 0.3) is 0 Å². The van der Waals surface area contributed by atoms with E-state index >= 15 is 0 Å². The molecule has 202 valence electrons. The molecule has 0 radical (unpaired) electrons. The number of fused-ring (bicyclic) bond motifs is 1. The molecular weight excluding hydrogens is 504 g/mol. The van der Waals surface area contributed by atoms with E-state index < -0.39 is 5.97 Å². The fourth-order valence-corrected chi connectivity index (χ4v) is 4.66. The molecule has 0 aliphatic heterocycles. The van der Waals surface area contributed by atoms with Crippen LogP contribution in [0.15, 0.2) is 101 Å². The second-order valence-electron chi connectivity index (χ2n) is 9.58. The van der Waals surface area contributed by atoms with Crippen LogP contribution in [0.3, 0.4) is 0 Å². The number of hydrogen-bond donors (Lipinski definition) is 3. The smallest absolute Gasteiger partial charge is 0.307 e. The molecule has 5 rings (SSSR count). The van der Waals surface area contributed by atoms with Crippen molar-refractivity contribution in [3.8, 4) is 16.9 Å². The molecule has 0 aliphatic rings. The van der Waals surface area contributed by atoms with Gasteiger partial charge < -0.3 is 25.3 Å². The Morgan fingerprint density at radius 3 is 2.40 bits per heavy atom. The summed E-state index contributed by atoms with van der Waals surface area (Å²) < 4.78 is 12.3. The molecule has 0 saturated carbocycles. The maximum Gasteiger partial charge on any atom is 0.307 e. The number of aliphatic carboxylic acids is 1. The second kappa shape index (κ2) is 12.3. The van der Waals surface area contributed by atoms with Crippen molar-refractivity contribution in [3.63, 3.8) is 0 Å². The van der Waals surface area contributed by atoms with Gasteiger partial charge in [-0.05, 0) is 52.6 Å². The summed E-state index contributed by atoms with van der Waals surface area (Å²) in [5.41, 5.74) is 11.9. The number of amides is 1. The number of rotatable bonds is 11. The largest absolute Gasteiger partial charge is 0.489 e. The molecule has 1 aromatic heterocycles. The third-order valence-corrected chi connectivity index (χ3v) is 6.58. The number of nitrogens with one attached hydrogen (secondary N) is 1. The number of para-hydroxylation sites is 1. The minimum Gasteiger partial charge on any atom is -0.489 e. The molecule has 1 amide bonds. The topological polar surface area (TPSA) is 115 Å². The van der Waals surface area contributed by atoms with Gasteiger partial charge >= 0.3 is 5.97 Å². The van der Waals surface area contributed by atoms with Gasteiger partial charge in [0.2, 0.25) is 5.91 Å². The number of carboxylic acid groups (broad SMARTS) is 1. The van der Waals surface area contributed by atoms with E-state index in [2.05, 4.69) is 5.32 Å². The summed E-state index contributed by atoms with van der Waals surface area (Å²) in [6.07, 6.45) is 0.177. The number of furan rings is 1. The second-order valence-corrected chi connectivity index (χ2v) is 9.58. The van der Waals surface area contributed by atoms with Gasteiger partial charge in [-0.3, -0.25) is 9.59 Å². The van der Waals surface area contributed by atoms with Crippen molar-refractivity contribution in [1.82, 2.24) is 5.32 Å². The SMILES string of the molecule is NCc1cccc(-c2cc(COc3ccccc3CC(=O)O)cc3cc(CNC(=O)Cc4ccccc4)oc23)c1. The van der Waals surface area contributed by atoms with Gasteiger partial charge in [0.1, 0.15) is 23.7 Å². The minimum atomic E-state index is -0.915. The van der Waals surface area contributed by atoms with Gasteiger partial charge in [0.05, 0.1) is 19.4 Å². The van der Waals surface area contributed by atoms with Crippen molar-refractivity contribution in [1.29, 1.82) is 0 Å². The Morgan fingerprint density at radius 2 is 1.60 bits per heavy atom. The number of benzene rings is 4. The molecular formula is C33H30N2O5. The van der Waals surface area contributed by atoms with Crippen molar-refractivity contribution in [2.45, 2.75) is 32.5 Å². The first-order valence-electron chi connectivity index (χ1n) is 13.1. The average Bonchev–Trinajstić information content (AvgIpc) is 3.38. The molecule has 0 atom stereocenters. The van der Waals surface area contributed by atoms with Crippen molar-refractivity contribution in [2.75, 3.05) is 0 Å². The van der Waals surface area contributed by atoms with E-state index in [0.29, 0.717) is 35.6 Å². The van der Waals surface area contributed by atoms with Crippen LogP contribution < -0.4 is 15.8 Å². The molecule has 0 aliphatic carbocycles. The highest BCUT2D eigenvalue weighted by atomic mass is 16.5. The number of carbonyl (C=O) groups is 2. The van der Waals surface area contributed by atoms with E-state index in [1.165, 1.54) is 0 Å². The van der Waals surface area contributed by atoms with E-state index in [4.69, 9.17) is 14.9 Å². The van der Waals surface area contributed by atoms with Gasteiger partial charge in [0.15, 0.2) is 0 Å². The maximum absolute atomic E-state index is 12.5. The molecule has 7 nitrogen and oxygen atoms in total. The zero-order chi connectivity index (χ0) is 27.9. The summed E-state index contributed by atoms with van der Waals surface area (Å²) in [6.45, 7) is 0.915. The fraction of sp³-hybridized carbons (Fsp3) is 0.152. The van der Waals surface area contributed by atoms with Crippen LogP contribution in [0.2, 0.25) is 0 Å². The van der Waals surface area contributed by atoms with Gasteiger partial charge in [0, 0.05) is 23.1 Å². The van der Waals surface area contributed by atoms with E-state index in [-0.39, 0.29) is 25.5 Å². The Labute approximate surface area is 232 Å². The molecule has 5 aromatic rings. The Bertz CT molecular complexity index is 1640. The maximum atomic E-state index is 12.5. The lowest BCUT2D eigenvalue weighted by Gasteiger charge is -2.12. The molecule has 0 bridgehead atoms. The third kappa shape index (κ3) is 6.57. The lowest BCUT2D eigenvalue weighted by Crippen LogP contribution is -2.24. The Hall–Kier alpha value is -4.88. The van der Waals surface area contributed by atoms with Crippen LogP contribution in [0.5, 0.6) is 5.75 Å². The van der Waals surface area contributed by atoms with Crippen LogP contribution in [0.25, 0.3) is 22.1 Å². The van der Waals surface area contributed by atoms with Gasteiger partial charge in [-0.25, -0.2) is 0 Å². The van der Waals surface area contributed by atoms with E-state index in [1.807, 2.05) is 78.9 Å². The lowest BCUT2D eigenvalue weighted by atomic mass is 9.99. The highest BCUT2D eigenvalue weighted by Crippen LogP contribution is 2.34.